The van der Waals surface area contributed by atoms with Gasteiger partial charge in [-0.1, -0.05) is 43.4 Å². The van der Waals surface area contributed by atoms with Crippen LogP contribution in [0.5, 0.6) is 0 Å². The van der Waals surface area contributed by atoms with Crippen LogP contribution >= 0.6 is 0 Å². The zero-order valence-electron chi connectivity index (χ0n) is 15.5. The Bertz CT molecular complexity index is 566. The van der Waals surface area contributed by atoms with E-state index in [0.29, 0.717) is 6.04 Å². The summed E-state index contributed by atoms with van der Waals surface area (Å²) in [6.45, 7) is 7.39. The van der Waals surface area contributed by atoms with E-state index in [0.717, 1.165) is 18.7 Å². The predicted octanol–water partition coefficient (Wildman–Crippen LogP) is 4.74. The van der Waals surface area contributed by atoms with E-state index in [4.69, 9.17) is 0 Å². The second-order valence-electron chi connectivity index (χ2n) is 7.80. The molecule has 1 aromatic carbocycles. The lowest BCUT2D eigenvalue weighted by molar-refractivity contribution is -0.124. The van der Waals surface area contributed by atoms with E-state index < -0.39 is 0 Å². The molecule has 1 aliphatic carbocycles. The number of nitrogens with one attached hydrogen (secondary N) is 1. The summed E-state index contributed by atoms with van der Waals surface area (Å²) in [5.74, 6) is 0.204. The molecule has 1 aromatic rings. The SMILES string of the molecule is Cc1cc(C)c(NC(=O)[C@@H]2CCCCN2C2CCCCC2)c(C)c1. The number of likely N-dealkylation sites (tertiary alicyclic amines) is 1. The Balaban J connectivity index is 1.74. The molecule has 132 valence electrons. The lowest BCUT2D eigenvalue weighted by atomic mass is 9.90. The summed E-state index contributed by atoms with van der Waals surface area (Å²) in [5, 5.41) is 3.26. The molecule has 2 fully saturated rings. The molecule has 24 heavy (non-hydrogen) atoms. The summed E-state index contributed by atoms with van der Waals surface area (Å²) in [4.78, 5) is 15.6. The first-order valence-corrected chi connectivity index (χ1v) is 9.70. The van der Waals surface area contributed by atoms with Gasteiger partial charge in [0.1, 0.15) is 0 Å². The van der Waals surface area contributed by atoms with Crippen LogP contribution in [-0.4, -0.2) is 29.4 Å². The summed E-state index contributed by atoms with van der Waals surface area (Å²) < 4.78 is 0. The van der Waals surface area contributed by atoms with Gasteiger partial charge in [-0.25, -0.2) is 0 Å². The van der Waals surface area contributed by atoms with Gasteiger partial charge in [0.2, 0.25) is 5.91 Å². The molecule has 1 aliphatic heterocycles. The van der Waals surface area contributed by atoms with Gasteiger partial charge in [0.05, 0.1) is 6.04 Å². The summed E-state index contributed by atoms with van der Waals surface area (Å²) in [7, 11) is 0. The minimum absolute atomic E-state index is 0.0574. The number of carbonyl (C=O) groups is 1. The van der Waals surface area contributed by atoms with Crippen molar-refractivity contribution in [3.05, 3.63) is 28.8 Å². The number of hydrogen-bond acceptors (Lipinski definition) is 2. The number of anilines is 1. The van der Waals surface area contributed by atoms with Crippen molar-refractivity contribution >= 4 is 11.6 Å². The zero-order valence-corrected chi connectivity index (χ0v) is 15.5. The molecule has 1 amide bonds. The molecule has 0 bridgehead atoms. The largest absolute Gasteiger partial charge is 0.324 e. The van der Waals surface area contributed by atoms with Crippen molar-refractivity contribution in [2.45, 2.75) is 84.2 Å². The van der Waals surface area contributed by atoms with E-state index >= 15 is 0 Å². The van der Waals surface area contributed by atoms with Crippen molar-refractivity contribution in [2.75, 3.05) is 11.9 Å². The molecule has 3 nitrogen and oxygen atoms in total. The van der Waals surface area contributed by atoms with Gasteiger partial charge >= 0.3 is 0 Å². The molecule has 0 aromatic heterocycles. The first-order chi connectivity index (χ1) is 11.6. The average molecular weight is 329 g/mol. The molecule has 0 spiro atoms. The van der Waals surface area contributed by atoms with Crippen molar-refractivity contribution < 1.29 is 4.79 Å². The van der Waals surface area contributed by atoms with Crippen molar-refractivity contribution in [3.63, 3.8) is 0 Å². The Morgan fingerprint density at radius 3 is 2.25 bits per heavy atom. The third-order valence-corrected chi connectivity index (χ3v) is 5.82. The fourth-order valence-electron chi connectivity index (χ4n) is 4.67. The maximum Gasteiger partial charge on any atom is 0.241 e. The van der Waals surface area contributed by atoms with E-state index in [9.17, 15) is 4.79 Å². The first-order valence-electron chi connectivity index (χ1n) is 9.70. The Morgan fingerprint density at radius 1 is 0.958 bits per heavy atom. The lowest BCUT2D eigenvalue weighted by Crippen LogP contribution is -2.52. The quantitative estimate of drug-likeness (QED) is 0.869. The minimum atomic E-state index is 0.0574. The molecule has 1 saturated carbocycles. The van der Waals surface area contributed by atoms with Crippen molar-refractivity contribution in [2.24, 2.45) is 0 Å². The van der Waals surface area contributed by atoms with Crippen LogP contribution < -0.4 is 5.32 Å². The highest BCUT2D eigenvalue weighted by molar-refractivity contribution is 5.96. The molecule has 1 N–H and O–H groups in total. The van der Waals surface area contributed by atoms with Crippen LogP contribution in [0.15, 0.2) is 12.1 Å². The Hall–Kier alpha value is -1.35. The molecule has 1 heterocycles. The molecule has 3 heteroatoms. The van der Waals surface area contributed by atoms with Crippen LogP contribution in [0.3, 0.4) is 0 Å². The Morgan fingerprint density at radius 2 is 1.58 bits per heavy atom. The highest BCUT2D eigenvalue weighted by Crippen LogP contribution is 2.30. The average Bonchev–Trinajstić information content (AvgIpc) is 2.58. The summed E-state index contributed by atoms with van der Waals surface area (Å²) in [5.41, 5.74) is 4.60. The molecular formula is C21H32N2O. The second-order valence-corrected chi connectivity index (χ2v) is 7.80. The number of nitrogens with zero attached hydrogens (tertiary/aromatic N) is 1. The van der Waals surface area contributed by atoms with Crippen molar-refractivity contribution in [1.29, 1.82) is 0 Å². The Kier molecular flexibility index (Phi) is 5.60. The van der Waals surface area contributed by atoms with E-state index in [1.54, 1.807) is 0 Å². The number of amides is 1. The Labute approximate surface area is 146 Å². The highest BCUT2D eigenvalue weighted by Gasteiger charge is 2.34. The van der Waals surface area contributed by atoms with Crippen LogP contribution in [0.1, 0.15) is 68.1 Å². The maximum atomic E-state index is 13.1. The monoisotopic (exact) mass is 328 g/mol. The highest BCUT2D eigenvalue weighted by atomic mass is 16.2. The van der Waals surface area contributed by atoms with Gasteiger partial charge in [-0.3, -0.25) is 9.69 Å². The summed E-state index contributed by atoms with van der Waals surface area (Å²) >= 11 is 0. The second kappa shape index (κ2) is 7.69. The normalized spacial score (nSPS) is 23.2. The van der Waals surface area contributed by atoms with Crippen LogP contribution in [-0.2, 0) is 4.79 Å². The van der Waals surface area contributed by atoms with Crippen molar-refractivity contribution in [3.8, 4) is 0 Å². The molecule has 3 rings (SSSR count). The van der Waals surface area contributed by atoms with Crippen LogP contribution in [0.25, 0.3) is 0 Å². The van der Waals surface area contributed by atoms with Crippen LogP contribution in [0.4, 0.5) is 5.69 Å². The third kappa shape index (κ3) is 3.83. The fraction of sp³-hybridized carbons (Fsp3) is 0.667. The smallest absolute Gasteiger partial charge is 0.241 e. The molecule has 1 atom stereocenters. The zero-order chi connectivity index (χ0) is 17.1. The van der Waals surface area contributed by atoms with E-state index in [1.807, 2.05) is 0 Å². The van der Waals surface area contributed by atoms with Gasteiger partial charge in [0, 0.05) is 11.7 Å². The molecule has 1 saturated heterocycles. The van der Waals surface area contributed by atoms with Crippen LogP contribution in [0, 0.1) is 20.8 Å². The molecule has 0 radical (unpaired) electrons. The minimum Gasteiger partial charge on any atom is -0.324 e. The van der Waals surface area contributed by atoms with Gasteiger partial charge in [0.15, 0.2) is 0 Å². The molecular weight excluding hydrogens is 296 g/mol. The van der Waals surface area contributed by atoms with Gasteiger partial charge in [0.25, 0.3) is 0 Å². The number of hydrogen-bond donors (Lipinski definition) is 1. The van der Waals surface area contributed by atoms with E-state index in [1.165, 1.54) is 61.6 Å². The number of aryl methyl sites for hydroxylation is 3. The standard InChI is InChI=1S/C21H32N2O/c1-15-13-16(2)20(17(3)14-15)22-21(24)19-11-7-8-12-23(19)18-9-5-4-6-10-18/h13-14,18-19H,4-12H2,1-3H3,(H,22,24)/t19-/m0/s1. The number of piperidine rings is 1. The predicted molar refractivity (Wildman–Crippen MR) is 101 cm³/mol. The molecule has 0 unspecified atom stereocenters. The third-order valence-electron chi connectivity index (χ3n) is 5.82. The summed E-state index contributed by atoms with van der Waals surface area (Å²) in [6, 6.07) is 4.99. The van der Waals surface area contributed by atoms with Crippen molar-refractivity contribution in [1.82, 2.24) is 4.90 Å². The fourth-order valence-corrected chi connectivity index (χ4v) is 4.67. The van der Waals surface area contributed by atoms with Crippen LogP contribution in [0.2, 0.25) is 0 Å². The maximum absolute atomic E-state index is 13.1. The number of benzene rings is 1. The number of rotatable bonds is 3. The van der Waals surface area contributed by atoms with Gasteiger partial charge in [-0.15, -0.1) is 0 Å². The lowest BCUT2D eigenvalue weighted by Gasteiger charge is -2.42. The number of carbonyl (C=O) groups excluding carboxylic acids is 1. The topological polar surface area (TPSA) is 32.3 Å². The van der Waals surface area contributed by atoms with E-state index in [2.05, 4.69) is 43.1 Å². The van der Waals surface area contributed by atoms with Gasteiger partial charge < -0.3 is 5.32 Å². The summed E-state index contributed by atoms with van der Waals surface area (Å²) in [6.07, 6.45) is 9.97. The molecule has 2 aliphatic rings. The van der Waals surface area contributed by atoms with E-state index in [-0.39, 0.29) is 11.9 Å². The van der Waals surface area contributed by atoms with Gasteiger partial charge in [-0.05, 0) is 64.1 Å². The van der Waals surface area contributed by atoms with Gasteiger partial charge in [-0.2, -0.15) is 0 Å². The first kappa shape index (κ1) is 17.5.